The maximum absolute atomic E-state index is 14.6. The molecule has 2 aromatic carbocycles. The first-order valence-electron chi connectivity index (χ1n) is 10.1. The summed E-state index contributed by atoms with van der Waals surface area (Å²) in [7, 11) is 0. The Labute approximate surface area is 175 Å². The first-order chi connectivity index (χ1) is 14.5. The van der Waals surface area contributed by atoms with E-state index in [0.717, 1.165) is 24.0 Å². The average Bonchev–Trinajstić information content (AvgIpc) is 2.76. The lowest BCUT2D eigenvalue weighted by Crippen LogP contribution is -2.26. The van der Waals surface area contributed by atoms with Gasteiger partial charge in [0, 0.05) is 25.7 Å². The van der Waals surface area contributed by atoms with E-state index < -0.39 is 11.6 Å². The van der Waals surface area contributed by atoms with Crippen molar-refractivity contribution in [3.05, 3.63) is 71.0 Å². The lowest BCUT2D eigenvalue weighted by atomic mass is 9.91. The molecule has 0 radical (unpaired) electrons. The molecule has 0 amide bonds. The van der Waals surface area contributed by atoms with Crippen molar-refractivity contribution in [3.8, 4) is 0 Å². The Kier molecular flexibility index (Phi) is 7.99. The van der Waals surface area contributed by atoms with Crippen molar-refractivity contribution in [1.29, 1.82) is 0 Å². The molecule has 0 aromatic heterocycles. The van der Waals surface area contributed by atoms with Gasteiger partial charge in [-0.3, -0.25) is 14.6 Å². The van der Waals surface area contributed by atoms with Gasteiger partial charge in [0.05, 0.1) is 13.2 Å². The highest BCUT2D eigenvalue weighted by atomic mass is 19.1. The monoisotopic (exact) mass is 411 g/mol. The standard InChI is InChI=1S/C24H26FNO4/c1-17(27)24(23(28)16-30-15-18-5-3-2-4-6-18)26-14-21-8-7-20(13-22(21)25)19-9-11-29-12-10-19/h2-8,13,19H,9-12,14-16H2,1H3/b26-24-. The minimum absolute atomic E-state index is 0.0702. The third kappa shape index (κ3) is 6.15. The highest BCUT2D eigenvalue weighted by Gasteiger charge is 2.19. The zero-order chi connectivity index (χ0) is 21.3. The average molecular weight is 411 g/mol. The number of rotatable bonds is 9. The maximum atomic E-state index is 14.6. The molecule has 0 atom stereocenters. The molecule has 1 aliphatic rings. The van der Waals surface area contributed by atoms with E-state index in [0.29, 0.717) is 24.7 Å². The normalized spacial score (nSPS) is 15.2. The van der Waals surface area contributed by atoms with Crippen LogP contribution in [0.15, 0.2) is 53.5 Å². The second-order valence-corrected chi connectivity index (χ2v) is 7.36. The maximum Gasteiger partial charge on any atom is 0.209 e. The predicted octanol–water partition coefficient (Wildman–Crippen LogP) is 4.04. The number of halogens is 1. The molecule has 0 bridgehead atoms. The second-order valence-electron chi connectivity index (χ2n) is 7.36. The van der Waals surface area contributed by atoms with Crippen LogP contribution < -0.4 is 0 Å². The molecule has 1 saturated heterocycles. The molecule has 0 N–H and O–H groups in total. The minimum atomic E-state index is -0.502. The SMILES string of the molecule is CC(=O)/C(=N/Cc1ccc(C2CCOCC2)cc1F)C(=O)COCc1ccccc1. The molecule has 0 aliphatic carbocycles. The fourth-order valence-electron chi connectivity index (χ4n) is 3.44. The van der Waals surface area contributed by atoms with Gasteiger partial charge in [-0.05, 0) is 36.0 Å². The molecule has 0 saturated carbocycles. The van der Waals surface area contributed by atoms with Crippen LogP contribution >= 0.6 is 0 Å². The molecule has 6 heteroatoms. The van der Waals surface area contributed by atoms with Crippen molar-refractivity contribution in [3.63, 3.8) is 0 Å². The Morgan fingerprint density at radius 3 is 2.53 bits per heavy atom. The summed E-state index contributed by atoms with van der Waals surface area (Å²) < 4.78 is 25.3. The van der Waals surface area contributed by atoms with E-state index in [9.17, 15) is 14.0 Å². The molecule has 1 heterocycles. The van der Waals surface area contributed by atoms with E-state index in [1.165, 1.54) is 13.0 Å². The highest BCUT2D eigenvalue weighted by molar-refractivity contribution is 6.66. The summed E-state index contributed by atoms with van der Waals surface area (Å²) in [5.41, 5.74) is 2.03. The minimum Gasteiger partial charge on any atom is -0.381 e. The number of Topliss-reactive ketones (excluding diaryl/α,β-unsaturated/α-hetero) is 2. The molecule has 1 fully saturated rings. The Balaban J connectivity index is 1.61. The van der Waals surface area contributed by atoms with Crippen molar-refractivity contribution in [2.24, 2.45) is 4.99 Å². The van der Waals surface area contributed by atoms with Crippen LogP contribution in [0.1, 0.15) is 42.4 Å². The van der Waals surface area contributed by atoms with Crippen LogP contribution in [0, 0.1) is 5.82 Å². The van der Waals surface area contributed by atoms with Crippen LogP contribution in [0.4, 0.5) is 4.39 Å². The van der Waals surface area contributed by atoms with Crippen LogP contribution in [0.5, 0.6) is 0 Å². The zero-order valence-electron chi connectivity index (χ0n) is 17.1. The Morgan fingerprint density at radius 1 is 1.13 bits per heavy atom. The third-order valence-corrected chi connectivity index (χ3v) is 5.12. The number of ketones is 2. The molecule has 5 nitrogen and oxygen atoms in total. The van der Waals surface area contributed by atoms with Gasteiger partial charge in [-0.15, -0.1) is 0 Å². The lowest BCUT2D eigenvalue weighted by molar-refractivity contribution is -0.119. The lowest BCUT2D eigenvalue weighted by Gasteiger charge is -2.22. The predicted molar refractivity (Wildman–Crippen MR) is 112 cm³/mol. The molecule has 30 heavy (non-hydrogen) atoms. The van der Waals surface area contributed by atoms with Crippen LogP contribution in [0.3, 0.4) is 0 Å². The number of benzene rings is 2. The Hall–Kier alpha value is -2.70. The molecule has 2 aromatic rings. The number of hydrogen-bond donors (Lipinski definition) is 0. The molecule has 0 spiro atoms. The van der Waals surface area contributed by atoms with Gasteiger partial charge < -0.3 is 9.47 Å². The number of nitrogens with zero attached hydrogens (tertiary/aromatic N) is 1. The Bertz CT molecular complexity index is 905. The zero-order valence-corrected chi connectivity index (χ0v) is 17.1. The van der Waals surface area contributed by atoms with Gasteiger partial charge in [-0.2, -0.15) is 0 Å². The van der Waals surface area contributed by atoms with E-state index in [1.807, 2.05) is 36.4 Å². The number of hydrogen-bond acceptors (Lipinski definition) is 5. The summed E-state index contributed by atoms with van der Waals surface area (Å²) in [6.07, 6.45) is 1.76. The van der Waals surface area contributed by atoms with Gasteiger partial charge in [0.1, 0.15) is 18.1 Å². The van der Waals surface area contributed by atoms with Crippen LogP contribution in [-0.2, 0) is 32.2 Å². The van der Waals surface area contributed by atoms with E-state index in [2.05, 4.69) is 4.99 Å². The molecule has 158 valence electrons. The quantitative estimate of drug-likeness (QED) is 0.462. The summed E-state index contributed by atoms with van der Waals surface area (Å²) in [4.78, 5) is 28.3. The first-order valence-corrected chi connectivity index (χ1v) is 10.1. The smallest absolute Gasteiger partial charge is 0.209 e. The van der Waals surface area contributed by atoms with Gasteiger partial charge in [-0.1, -0.05) is 42.5 Å². The van der Waals surface area contributed by atoms with Crippen LogP contribution in [0.2, 0.25) is 0 Å². The number of carbonyl (C=O) groups excluding carboxylic acids is 2. The molecule has 1 aliphatic heterocycles. The first kappa shape index (κ1) is 22.0. The van der Waals surface area contributed by atoms with Crippen molar-refractivity contribution < 1.29 is 23.5 Å². The van der Waals surface area contributed by atoms with Gasteiger partial charge in [0.15, 0.2) is 5.78 Å². The molecular formula is C24H26FNO4. The van der Waals surface area contributed by atoms with Crippen molar-refractivity contribution in [2.75, 3.05) is 19.8 Å². The molecule has 3 rings (SSSR count). The summed E-state index contributed by atoms with van der Waals surface area (Å²) in [6, 6.07) is 14.5. The number of ether oxygens (including phenoxy) is 2. The van der Waals surface area contributed by atoms with E-state index in [4.69, 9.17) is 9.47 Å². The topological polar surface area (TPSA) is 65.0 Å². The Morgan fingerprint density at radius 2 is 1.87 bits per heavy atom. The summed E-state index contributed by atoms with van der Waals surface area (Å²) >= 11 is 0. The largest absolute Gasteiger partial charge is 0.381 e. The van der Waals surface area contributed by atoms with Gasteiger partial charge in [-0.25, -0.2) is 4.39 Å². The summed E-state index contributed by atoms with van der Waals surface area (Å²) in [5, 5.41) is 0. The number of carbonyl (C=O) groups is 2. The molecule has 0 unspecified atom stereocenters. The van der Waals surface area contributed by atoms with Gasteiger partial charge in [0.25, 0.3) is 0 Å². The van der Waals surface area contributed by atoms with Crippen LogP contribution in [-0.4, -0.2) is 37.1 Å². The summed E-state index contributed by atoms with van der Waals surface area (Å²) in [5.74, 6) is -1.04. The molecular weight excluding hydrogens is 385 g/mol. The van der Waals surface area contributed by atoms with E-state index in [-0.39, 0.29) is 31.3 Å². The van der Waals surface area contributed by atoms with Crippen molar-refractivity contribution in [2.45, 2.75) is 38.8 Å². The second kappa shape index (κ2) is 10.9. The highest BCUT2D eigenvalue weighted by Crippen LogP contribution is 2.28. The van der Waals surface area contributed by atoms with E-state index >= 15 is 0 Å². The third-order valence-electron chi connectivity index (χ3n) is 5.12. The fraction of sp³-hybridized carbons (Fsp3) is 0.375. The number of aliphatic imine (C=N–C) groups is 1. The van der Waals surface area contributed by atoms with E-state index in [1.54, 1.807) is 6.07 Å². The van der Waals surface area contributed by atoms with Crippen molar-refractivity contribution in [1.82, 2.24) is 0 Å². The fourth-order valence-corrected chi connectivity index (χ4v) is 3.44. The van der Waals surface area contributed by atoms with Crippen LogP contribution in [0.25, 0.3) is 0 Å². The van der Waals surface area contributed by atoms with Gasteiger partial charge >= 0.3 is 0 Å². The van der Waals surface area contributed by atoms with Gasteiger partial charge in [0.2, 0.25) is 5.78 Å². The summed E-state index contributed by atoms with van der Waals surface area (Å²) in [6.45, 7) is 2.60. The van der Waals surface area contributed by atoms with Crippen molar-refractivity contribution >= 4 is 17.3 Å².